The summed E-state index contributed by atoms with van der Waals surface area (Å²) in [5.74, 6) is 0.120. The maximum atomic E-state index is 11.3. The number of aliphatic hydroxyl groups is 3. The first-order valence-electron chi connectivity index (χ1n) is 8.96. The molecule has 1 aliphatic heterocycles. The number of rotatable bonds is 10. The second-order valence-corrected chi connectivity index (χ2v) is 7.68. The van der Waals surface area contributed by atoms with Gasteiger partial charge in [0.1, 0.15) is 6.10 Å². The van der Waals surface area contributed by atoms with Gasteiger partial charge >= 0.3 is 5.97 Å². The fourth-order valence-electron chi connectivity index (χ4n) is 3.38. The van der Waals surface area contributed by atoms with E-state index >= 15 is 0 Å². The Morgan fingerprint density at radius 3 is 2.61 bits per heavy atom. The van der Waals surface area contributed by atoms with Crippen LogP contribution in [0.25, 0.3) is 0 Å². The number of unbranched alkanes of at least 4 members (excludes halogenated alkanes) is 1. The summed E-state index contributed by atoms with van der Waals surface area (Å²) < 4.78 is 5.24. The number of carbonyl (C=O) groups is 1. The Bertz CT molecular complexity index is 353. The van der Waals surface area contributed by atoms with Crippen molar-refractivity contribution in [1.29, 1.82) is 0 Å². The molecule has 23 heavy (non-hydrogen) atoms. The molecule has 0 bridgehead atoms. The molecule has 0 amide bonds. The van der Waals surface area contributed by atoms with Crippen LogP contribution in [0.5, 0.6) is 0 Å². The molecule has 1 saturated heterocycles. The summed E-state index contributed by atoms with van der Waals surface area (Å²) in [4.78, 5) is 11.3. The topological polar surface area (TPSA) is 87.0 Å². The van der Waals surface area contributed by atoms with Gasteiger partial charge in [-0.25, -0.2) is 0 Å². The zero-order valence-corrected chi connectivity index (χ0v) is 14.8. The fraction of sp³-hybridized carbons (Fsp3) is 0.944. The minimum Gasteiger partial charge on any atom is -0.462 e. The number of ether oxygens (including phenoxy) is 1. The molecule has 1 aliphatic rings. The van der Waals surface area contributed by atoms with Gasteiger partial charge in [0.05, 0.1) is 24.2 Å². The largest absolute Gasteiger partial charge is 0.462 e. The van der Waals surface area contributed by atoms with Crippen molar-refractivity contribution in [3.63, 3.8) is 0 Å². The van der Waals surface area contributed by atoms with Gasteiger partial charge in [-0.2, -0.15) is 0 Å². The minimum absolute atomic E-state index is 0.120. The highest BCUT2D eigenvalue weighted by Crippen LogP contribution is 2.26. The van der Waals surface area contributed by atoms with E-state index in [1.54, 1.807) is 6.92 Å². The quantitative estimate of drug-likeness (QED) is 0.423. The van der Waals surface area contributed by atoms with Crippen LogP contribution in [0.2, 0.25) is 0 Å². The van der Waals surface area contributed by atoms with Crippen molar-refractivity contribution >= 4 is 5.97 Å². The first-order chi connectivity index (χ1) is 10.7. The number of aliphatic hydroxyl groups excluding tert-OH is 2. The van der Waals surface area contributed by atoms with Gasteiger partial charge in [0.2, 0.25) is 0 Å². The van der Waals surface area contributed by atoms with Crippen LogP contribution in [-0.4, -0.2) is 45.2 Å². The highest BCUT2D eigenvalue weighted by atomic mass is 16.5. The molecule has 1 rings (SSSR count). The number of esters is 1. The molecule has 0 aromatic carbocycles. The van der Waals surface area contributed by atoms with E-state index in [0.717, 1.165) is 32.1 Å². The highest BCUT2D eigenvalue weighted by Gasteiger charge is 2.27. The average molecular weight is 330 g/mol. The number of hydrogen-bond donors (Lipinski definition) is 3. The van der Waals surface area contributed by atoms with Gasteiger partial charge in [-0.05, 0) is 51.9 Å². The van der Waals surface area contributed by atoms with E-state index in [0.29, 0.717) is 25.2 Å². The Balaban J connectivity index is 2.16. The third kappa shape index (κ3) is 9.28. The Morgan fingerprint density at radius 1 is 1.30 bits per heavy atom. The van der Waals surface area contributed by atoms with Gasteiger partial charge < -0.3 is 20.1 Å². The van der Waals surface area contributed by atoms with Crippen LogP contribution in [0.4, 0.5) is 0 Å². The van der Waals surface area contributed by atoms with Crippen molar-refractivity contribution in [3.05, 3.63) is 0 Å². The van der Waals surface area contributed by atoms with Crippen LogP contribution in [0, 0.1) is 5.92 Å². The van der Waals surface area contributed by atoms with Crippen LogP contribution in [0.1, 0.15) is 78.6 Å². The molecular weight excluding hydrogens is 296 g/mol. The van der Waals surface area contributed by atoms with Crippen LogP contribution in [-0.2, 0) is 9.53 Å². The Morgan fingerprint density at radius 2 is 2.00 bits per heavy atom. The fourth-order valence-corrected chi connectivity index (χ4v) is 3.38. The minimum atomic E-state index is -0.723. The van der Waals surface area contributed by atoms with Gasteiger partial charge in [-0.15, -0.1) is 0 Å². The maximum absolute atomic E-state index is 11.3. The van der Waals surface area contributed by atoms with E-state index in [9.17, 15) is 20.1 Å². The molecule has 0 saturated carbocycles. The molecule has 0 aromatic rings. The van der Waals surface area contributed by atoms with Crippen molar-refractivity contribution in [1.82, 2.24) is 0 Å². The molecule has 0 aromatic heterocycles. The molecule has 5 atom stereocenters. The summed E-state index contributed by atoms with van der Waals surface area (Å²) in [6.07, 6.45) is 5.39. The predicted octanol–water partition coefficient (Wildman–Crippen LogP) is 2.55. The zero-order chi connectivity index (χ0) is 17.5. The monoisotopic (exact) mass is 330 g/mol. The van der Waals surface area contributed by atoms with Gasteiger partial charge in [0.15, 0.2) is 0 Å². The molecule has 0 radical (unpaired) electrons. The third-order valence-corrected chi connectivity index (χ3v) is 4.60. The molecule has 0 unspecified atom stereocenters. The number of hydrogen-bond acceptors (Lipinski definition) is 5. The van der Waals surface area contributed by atoms with Gasteiger partial charge in [0, 0.05) is 6.42 Å². The summed E-state index contributed by atoms with van der Waals surface area (Å²) in [5.41, 5.74) is -0.723. The molecule has 5 heteroatoms. The lowest BCUT2D eigenvalue weighted by atomic mass is 9.86. The van der Waals surface area contributed by atoms with Crippen LogP contribution in [0.15, 0.2) is 0 Å². The lowest BCUT2D eigenvalue weighted by Gasteiger charge is -2.28. The van der Waals surface area contributed by atoms with Crippen molar-refractivity contribution < 1.29 is 24.9 Å². The molecular formula is C18H34O5. The molecule has 1 heterocycles. The van der Waals surface area contributed by atoms with Crippen LogP contribution < -0.4 is 0 Å². The Hall–Kier alpha value is -0.650. The summed E-state index contributed by atoms with van der Waals surface area (Å²) in [6.45, 7) is 5.73. The summed E-state index contributed by atoms with van der Waals surface area (Å²) in [7, 11) is 0. The first kappa shape index (κ1) is 20.4. The van der Waals surface area contributed by atoms with Crippen LogP contribution in [0.3, 0.4) is 0 Å². The Labute approximate surface area is 140 Å². The Kier molecular flexibility index (Phi) is 8.51. The average Bonchev–Trinajstić information content (AvgIpc) is 2.40. The molecule has 1 fully saturated rings. The second-order valence-electron chi connectivity index (χ2n) is 7.68. The number of cyclic esters (lactones) is 1. The summed E-state index contributed by atoms with van der Waals surface area (Å²) in [5, 5.41) is 29.2. The smallest absolute Gasteiger partial charge is 0.308 e. The standard InChI is InChI=1S/C18H34O5/c1-13(12-18(3,22)9-8-14(2)19)6-4-5-7-16-10-15(20)11-17(21)23-16/h13-16,19-20,22H,4-12H2,1-3H3/t13-,14-,15+,16+,18+/m1/s1. The lowest BCUT2D eigenvalue weighted by Crippen LogP contribution is -2.32. The van der Waals surface area contributed by atoms with Crippen molar-refractivity contribution in [2.75, 3.05) is 0 Å². The van der Waals surface area contributed by atoms with Crippen molar-refractivity contribution in [3.8, 4) is 0 Å². The second kappa shape index (κ2) is 9.60. The van der Waals surface area contributed by atoms with Crippen molar-refractivity contribution in [2.24, 2.45) is 5.92 Å². The summed E-state index contributed by atoms with van der Waals surface area (Å²) >= 11 is 0. The van der Waals surface area contributed by atoms with E-state index in [1.807, 2.05) is 6.92 Å². The van der Waals surface area contributed by atoms with E-state index in [-0.39, 0.29) is 24.6 Å². The van der Waals surface area contributed by atoms with E-state index in [4.69, 9.17) is 4.74 Å². The molecule has 3 N–H and O–H groups in total. The summed E-state index contributed by atoms with van der Waals surface area (Å²) in [6, 6.07) is 0. The molecule has 136 valence electrons. The molecule has 0 aliphatic carbocycles. The number of carbonyl (C=O) groups excluding carboxylic acids is 1. The van der Waals surface area contributed by atoms with E-state index < -0.39 is 11.7 Å². The SMILES string of the molecule is C[C@H](CCCC[C@H]1C[C@H](O)CC(=O)O1)C[C@@](C)(O)CC[C@@H](C)O. The lowest BCUT2D eigenvalue weighted by molar-refractivity contribution is -0.160. The predicted molar refractivity (Wildman–Crippen MR) is 88.9 cm³/mol. The van der Waals surface area contributed by atoms with Crippen LogP contribution >= 0.6 is 0 Å². The van der Waals surface area contributed by atoms with Gasteiger partial charge in [-0.3, -0.25) is 4.79 Å². The normalized spacial score (nSPS) is 27.1. The molecule has 5 nitrogen and oxygen atoms in total. The first-order valence-corrected chi connectivity index (χ1v) is 8.96. The van der Waals surface area contributed by atoms with Crippen molar-refractivity contribution in [2.45, 2.75) is 102 Å². The van der Waals surface area contributed by atoms with Gasteiger partial charge in [0.25, 0.3) is 0 Å². The van der Waals surface area contributed by atoms with Gasteiger partial charge in [-0.1, -0.05) is 19.8 Å². The highest BCUT2D eigenvalue weighted by molar-refractivity contribution is 5.70. The van der Waals surface area contributed by atoms with E-state index in [2.05, 4.69) is 6.92 Å². The third-order valence-electron chi connectivity index (χ3n) is 4.60. The van der Waals surface area contributed by atoms with E-state index in [1.165, 1.54) is 0 Å². The zero-order valence-electron chi connectivity index (χ0n) is 14.8. The molecule has 0 spiro atoms. The maximum Gasteiger partial charge on any atom is 0.308 e.